The maximum absolute atomic E-state index is 12.0. The number of anilines is 2. The van der Waals surface area contributed by atoms with Crippen LogP contribution in [0, 0.1) is 13.8 Å². The molecule has 0 aliphatic carbocycles. The molecule has 0 aliphatic rings. The van der Waals surface area contributed by atoms with Gasteiger partial charge in [0, 0.05) is 16.9 Å². The lowest BCUT2D eigenvalue weighted by Gasteiger charge is -2.14. The average Bonchev–Trinajstić information content (AvgIpc) is 2.49. The quantitative estimate of drug-likeness (QED) is 0.589. The van der Waals surface area contributed by atoms with Gasteiger partial charge in [0.15, 0.2) is 5.11 Å². The van der Waals surface area contributed by atoms with E-state index in [1.807, 2.05) is 32.0 Å². The van der Waals surface area contributed by atoms with Crippen LogP contribution in [0.2, 0.25) is 0 Å². The summed E-state index contributed by atoms with van der Waals surface area (Å²) in [5.41, 5.74) is 9.98. The van der Waals surface area contributed by atoms with Crippen LogP contribution in [-0.4, -0.2) is 11.0 Å². The minimum Gasteiger partial charge on any atom is -0.399 e. The molecule has 0 heterocycles. The van der Waals surface area contributed by atoms with Crippen LogP contribution in [0.5, 0.6) is 0 Å². The maximum Gasteiger partial charge on any atom is 0.257 e. The zero-order chi connectivity index (χ0) is 15.4. The number of carbonyl (C=O) groups excluding carboxylic acids is 1. The van der Waals surface area contributed by atoms with E-state index in [1.54, 1.807) is 24.3 Å². The standard InChI is InChI=1S/C16H17N3OS/c1-10-11(2)14(9-8-13(10)17)18-16(21)19-15(20)12-6-4-3-5-7-12/h3-9H,17H2,1-2H3,(H2,18,19,20,21). The first-order chi connectivity index (χ1) is 9.99. The third kappa shape index (κ3) is 3.58. The van der Waals surface area contributed by atoms with Crippen molar-refractivity contribution in [3.63, 3.8) is 0 Å². The van der Waals surface area contributed by atoms with Crippen LogP contribution in [0.3, 0.4) is 0 Å². The van der Waals surface area contributed by atoms with Crippen molar-refractivity contribution < 1.29 is 4.79 Å². The third-order valence-corrected chi connectivity index (χ3v) is 3.54. The molecule has 2 aromatic carbocycles. The second-order valence-corrected chi connectivity index (χ2v) is 5.13. The van der Waals surface area contributed by atoms with Crippen LogP contribution in [0.1, 0.15) is 21.5 Å². The highest BCUT2D eigenvalue weighted by Gasteiger charge is 2.09. The molecule has 0 atom stereocenters. The first-order valence-electron chi connectivity index (χ1n) is 6.52. The molecule has 0 radical (unpaired) electrons. The molecule has 21 heavy (non-hydrogen) atoms. The van der Waals surface area contributed by atoms with Gasteiger partial charge in [-0.3, -0.25) is 10.1 Å². The molecular formula is C16H17N3OS. The molecule has 0 bridgehead atoms. The molecule has 0 spiro atoms. The van der Waals surface area contributed by atoms with Crippen molar-refractivity contribution >= 4 is 34.6 Å². The first kappa shape index (κ1) is 15.0. The smallest absolute Gasteiger partial charge is 0.257 e. The van der Waals surface area contributed by atoms with E-state index in [2.05, 4.69) is 10.6 Å². The predicted octanol–water partition coefficient (Wildman–Crippen LogP) is 3.01. The third-order valence-electron chi connectivity index (χ3n) is 3.34. The van der Waals surface area contributed by atoms with Crippen molar-refractivity contribution in [1.29, 1.82) is 0 Å². The fraction of sp³-hybridized carbons (Fsp3) is 0.125. The average molecular weight is 299 g/mol. The monoisotopic (exact) mass is 299 g/mol. The van der Waals surface area contributed by atoms with Crippen molar-refractivity contribution in [2.24, 2.45) is 0 Å². The van der Waals surface area contributed by atoms with Crippen LogP contribution in [-0.2, 0) is 0 Å². The van der Waals surface area contributed by atoms with Gasteiger partial charge in [0.05, 0.1) is 0 Å². The Morgan fingerprint density at radius 3 is 2.38 bits per heavy atom. The van der Waals surface area contributed by atoms with E-state index in [1.165, 1.54) is 0 Å². The number of amides is 1. The zero-order valence-corrected chi connectivity index (χ0v) is 12.8. The van der Waals surface area contributed by atoms with E-state index in [-0.39, 0.29) is 11.0 Å². The summed E-state index contributed by atoms with van der Waals surface area (Å²) in [5.74, 6) is -0.238. The summed E-state index contributed by atoms with van der Waals surface area (Å²) in [5, 5.41) is 5.94. The number of rotatable bonds is 2. The van der Waals surface area contributed by atoms with Gasteiger partial charge >= 0.3 is 0 Å². The Balaban J connectivity index is 2.06. The Hall–Kier alpha value is -2.40. The lowest BCUT2D eigenvalue weighted by atomic mass is 10.1. The number of carbonyl (C=O) groups is 1. The van der Waals surface area contributed by atoms with Crippen LogP contribution < -0.4 is 16.4 Å². The van der Waals surface area contributed by atoms with Crippen LogP contribution in [0.25, 0.3) is 0 Å². The van der Waals surface area contributed by atoms with E-state index in [0.717, 1.165) is 22.5 Å². The highest BCUT2D eigenvalue weighted by atomic mass is 32.1. The summed E-state index contributed by atoms with van der Waals surface area (Å²) in [6.07, 6.45) is 0. The lowest BCUT2D eigenvalue weighted by Crippen LogP contribution is -2.34. The van der Waals surface area contributed by atoms with Crippen LogP contribution in [0.15, 0.2) is 42.5 Å². The van der Waals surface area contributed by atoms with Gasteiger partial charge in [0.25, 0.3) is 5.91 Å². The maximum atomic E-state index is 12.0. The van der Waals surface area contributed by atoms with Gasteiger partial charge in [-0.15, -0.1) is 0 Å². The normalized spacial score (nSPS) is 10.0. The number of nitrogens with two attached hydrogens (primary N) is 1. The number of nitrogens with one attached hydrogen (secondary N) is 2. The van der Waals surface area contributed by atoms with Gasteiger partial charge in [-0.05, 0) is 61.5 Å². The Labute approximate surface area is 129 Å². The molecule has 0 aliphatic heterocycles. The largest absolute Gasteiger partial charge is 0.399 e. The zero-order valence-electron chi connectivity index (χ0n) is 11.9. The predicted molar refractivity (Wildman–Crippen MR) is 90.5 cm³/mol. The van der Waals surface area contributed by atoms with Crippen molar-refractivity contribution in [2.75, 3.05) is 11.1 Å². The van der Waals surface area contributed by atoms with Gasteiger partial charge in [-0.25, -0.2) is 0 Å². The summed E-state index contributed by atoms with van der Waals surface area (Å²) < 4.78 is 0. The molecule has 0 saturated heterocycles. The molecule has 1 amide bonds. The lowest BCUT2D eigenvalue weighted by molar-refractivity contribution is 0.0977. The number of hydrogen-bond donors (Lipinski definition) is 3. The number of hydrogen-bond acceptors (Lipinski definition) is 3. The minimum absolute atomic E-state index is 0.238. The van der Waals surface area contributed by atoms with E-state index < -0.39 is 0 Å². The number of benzene rings is 2. The molecule has 5 heteroatoms. The Morgan fingerprint density at radius 1 is 1.05 bits per heavy atom. The number of nitrogen functional groups attached to an aromatic ring is 1. The Morgan fingerprint density at radius 2 is 1.71 bits per heavy atom. The number of thiocarbonyl (C=S) groups is 1. The molecule has 0 aromatic heterocycles. The highest BCUT2D eigenvalue weighted by Crippen LogP contribution is 2.23. The Kier molecular flexibility index (Phi) is 4.55. The SMILES string of the molecule is Cc1c(N)ccc(NC(=S)NC(=O)c2ccccc2)c1C. The second-order valence-electron chi connectivity index (χ2n) is 4.73. The Bertz CT molecular complexity index is 683. The summed E-state index contributed by atoms with van der Waals surface area (Å²) in [6, 6.07) is 12.6. The summed E-state index contributed by atoms with van der Waals surface area (Å²) in [4.78, 5) is 12.0. The summed E-state index contributed by atoms with van der Waals surface area (Å²) in [7, 11) is 0. The van der Waals surface area contributed by atoms with E-state index in [0.29, 0.717) is 5.56 Å². The van der Waals surface area contributed by atoms with Crippen LogP contribution in [0.4, 0.5) is 11.4 Å². The molecule has 2 aromatic rings. The minimum atomic E-state index is -0.238. The fourth-order valence-electron chi connectivity index (χ4n) is 1.90. The second kappa shape index (κ2) is 6.37. The van der Waals surface area contributed by atoms with E-state index in [9.17, 15) is 4.79 Å². The van der Waals surface area contributed by atoms with Crippen molar-refractivity contribution in [1.82, 2.24) is 5.32 Å². The van der Waals surface area contributed by atoms with E-state index in [4.69, 9.17) is 18.0 Å². The molecule has 4 N–H and O–H groups in total. The van der Waals surface area contributed by atoms with Gasteiger partial charge in [0.2, 0.25) is 0 Å². The highest BCUT2D eigenvalue weighted by molar-refractivity contribution is 7.80. The van der Waals surface area contributed by atoms with Gasteiger partial charge < -0.3 is 11.1 Å². The molecule has 0 fully saturated rings. The fourth-order valence-corrected chi connectivity index (χ4v) is 2.10. The topological polar surface area (TPSA) is 67.2 Å². The molecule has 0 unspecified atom stereocenters. The molecule has 2 rings (SSSR count). The van der Waals surface area contributed by atoms with Crippen molar-refractivity contribution in [3.8, 4) is 0 Å². The first-order valence-corrected chi connectivity index (χ1v) is 6.93. The summed E-state index contributed by atoms with van der Waals surface area (Å²) >= 11 is 5.17. The van der Waals surface area contributed by atoms with Gasteiger partial charge in [0.1, 0.15) is 0 Å². The van der Waals surface area contributed by atoms with Crippen molar-refractivity contribution in [3.05, 3.63) is 59.2 Å². The molecule has 4 nitrogen and oxygen atoms in total. The molecule has 108 valence electrons. The van der Waals surface area contributed by atoms with Gasteiger partial charge in [-0.2, -0.15) is 0 Å². The van der Waals surface area contributed by atoms with Gasteiger partial charge in [-0.1, -0.05) is 18.2 Å². The van der Waals surface area contributed by atoms with Crippen LogP contribution >= 0.6 is 12.2 Å². The van der Waals surface area contributed by atoms with Crippen molar-refractivity contribution in [2.45, 2.75) is 13.8 Å². The molecular weight excluding hydrogens is 282 g/mol. The molecule has 0 saturated carbocycles. The van der Waals surface area contributed by atoms with E-state index >= 15 is 0 Å². The summed E-state index contributed by atoms with van der Waals surface area (Å²) in [6.45, 7) is 3.90.